The average Bonchev–Trinajstić information content (AvgIpc) is 2.80. The molecular weight excluding hydrogens is 290 g/mol. The first-order valence-electron chi connectivity index (χ1n) is 7.03. The predicted octanol–water partition coefficient (Wildman–Crippen LogP) is 2.10. The van der Waals surface area contributed by atoms with Crippen LogP contribution in [0.4, 0.5) is 0 Å². The van der Waals surface area contributed by atoms with Crippen molar-refractivity contribution < 1.29 is 17.9 Å². The highest BCUT2D eigenvalue weighted by molar-refractivity contribution is 7.89. The third-order valence-electron chi connectivity index (χ3n) is 3.94. The number of methoxy groups -OCH3 is 1. The lowest BCUT2D eigenvalue weighted by atomic mass is 10.1. The summed E-state index contributed by atoms with van der Waals surface area (Å²) in [6.07, 6.45) is 1.54. The van der Waals surface area contributed by atoms with Crippen LogP contribution in [0.5, 0.6) is 0 Å². The zero-order chi connectivity index (χ0) is 15.6. The Morgan fingerprint density at radius 2 is 1.90 bits per heavy atom. The largest absolute Gasteiger partial charge is 0.469 e. The second kappa shape index (κ2) is 6.15. The highest BCUT2D eigenvalue weighted by Crippen LogP contribution is 2.32. The third kappa shape index (κ3) is 3.27. The number of carbonyl (C=O) groups excluding carboxylic acids is 1. The molecule has 116 valence electrons. The molecule has 0 radical (unpaired) electrons. The quantitative estimate of drug-likeness (QED) is 0.799. The zero-order valence-corrected chi connectivity index (χ0v) is 13.4. The van der Waals surface area contributed by atoms with E-state index < -0.39 is 10.0 Å². The number of benzene rings is 1. The molecule has 1 aromatic rings. The molecule has 0 aliphatic carbocycles. The van der Waals surface area contributed by atoms with Gasteiger partial charge in [0.2, 0.25) is 10.0 Å². The van der Waals surface area contributed by atoms with E-state index in [9.17, 15) is 13.2 Å². The number of hydrogen-bond donors (Lipinski definition) is 0. The van der Waals surface area contributed by atoms with Crippen molar-refractivity contribution >= 4 is 16.0 Å². The lowest BCUT2D eigenvalue weighted by molar-refractivity contribution is -0.141. The maximum Gasteiger partial charge on any atom is 0.307 e. The molecule has 0 N–H and O–H groups in total. The van der Waals surface area contributed by atoms with Crippen LogP contribution in [0.1, 0.15) is 31.7 Å². The van der Waals surface area contributed by atoms with E-state index in [-0.39, 0.29) is 29.4 Å². The molecule has 0 aromatic heterocycles. The summed E-state index contributed by atoms with van der Waals surface area (Å²) >= 11 is 0. The number of ether oxygens (including phenoxy) is 1. The smallest absolute Gasteiger partial charge is 0.307 e. The van der Waals surface area contributed by atoms with Gasteiger partial charge in [0.25, 0.3) is 0 Å². The third-order valence-corrected chi connectivity index (χ3v) is 6.02. The van der Waals surface area contributed by atoms with Gasteiger partial charge in [-0.1, -0.05) is 17.7 Å². The van der Waals surface area contributed by atoms with Gasteiger partial charge in [-0.05, 0) is 38.8 Å². The summed E-state index contributed by atoms with van der Waals surface area (Å²) < 4.78 is 31.8. The van der Waals surface area contributed by atoms with Crippen molar-refractivity contribution in [3.63, 3.8) is 0 Å². The lowest BCUT2D eigenvalue weighted by Gasteiger charge is -2.27. The van der Waals surface area contributed by atoms with Gasteiger partial charge < -0.3 is 4.74 Å². The van der Waals surface area contributed by atoms with E-state index in [1.165, 1.54) is 11.4 Å². The van der Waals surface area contributed by atoms with Gasteiger partial charge in [-0.2, -0.15) is 4.31 Å². The van der Waals surface area contributed by atoms with E-state index in [1.807, 2.05) is 13.8 Å². The van der Waals surface area contributed by atoms with Gasteiger partial charge in [-0.15, -0.1) is 0 Å². The molecule has 2 atom stereocenters. The zero-order valence-electron chi connectivity index (χ0n) is 12.6. The molecule has 1 heterocycles. The Hall–Kier alpha value is -1.40. The van der Waals surface area contributed by atoms with Crippen molar-refractivity contribution in [1.82, 2.24) is 4.31 Å². The lowest BCUT2D eigenvalue weighted by Crippen LogP contribution is -2.41. The van der Waals surface area contributed by atoms with Crippen LogP contribution in [0, 0.1) is 6.92 Å². The van der Waals surface area contributed by atoms with Crippen LogP contribution in [-0.4, -0.2) is 37.9 Å². The molecule has 0 amide bonds. The monoisotopic (exact) mass is 311 g/mol. The minimum atomic E-state index is -3.58. The average molecular weight is 311 g/mol. The van der Waals surface area contributed by atoms with Crippen LogP contribution < -0.4 is 0 Å². The topological polar surface area (TPSA) is 63.7 Å². The van der Waals surface area contributed by atoms with Crippen LogP contribution in [0.25, 0.3) is 0 Å². The van der Waals surface area contributed by atoms with Crippen molar-refractivity contribution in [3.05, 3.63) is 29.8 Å². The summed E-state index contributed by atoms with van der Waals surface area (Å²) in [5, 5.41) is 0. The molecule has 21 heavy (non-hydrogen) atoms. The van der Waals surface area contributed by atoms with Gasteiger partial charge in [0.05, 0.1) is 18.4 Å². The molecule has 0 unspecified atom stereocenters. The SMILES string of the molecule is COC(=O)C[C@@H]1CC[C@H](C)N1S(=O)(=O)c1ccc(C)cc1. The van der Waals surface area contributed by atoms with Crippen LogP contribution in [-0.2, 0) is 19.6 Å². The van der Waals surface area contributed by atoms with Crippen LogP contribution in [0.15, 0.2) is 29.2 Å². The van der Waals surface area contributed by atoms with Crippen molar-refractivity contribution in [2.75, 3.05) is 7.11 Å². The Morgan fingerprint density at radius 3 is 2.48 bits per heavy atom. The Bertz CT molecular complexity index is 609. The fraction of sp³-hybridized carbons (Fsp3) is 0.533. The maximum absolute atomic E-state index is 12.8. The van der Waals surface area contributed by atoms with E-state index in [1.54, 1.807) is 24.3 Å². The summed E-state index contributed by atoms with van der Waals surface area (Å²) in [6, 6.07) is 6.37. The van der Waals surface area contributed by atoms with Crippen molar-refractivity contribution in [3.8, 4) is 0 Å². The Balaban J connectivity index is 2.31. The number of nitrogens with zero attached hydrogens (tertiary/aromatic N) is 1. The van der Waals surface area contributed by atoms with Crippen molar-refractivity contribution in [2.24, 2.45) is 0 Å². The number of carbonyl (C=O) groups is 1. The Labute approximate surface area is 126 Å². The van der Waals surface area contributed by atoms with E-state index in [0.717, 1.165) is 12.0 Å². The second-order valence-electron chi connectivity index (χ2n) is 5.51. The van der Waals surface area contributed by atoms with Gasteiger partial charge in [0.15, 0.2) is 0 Å². The first-order valence-corrected chi connectivity index (χ1v) is 8.47. The second-order valence-corrected chi connectivity index (χ2v) is 7.35. The number of esters is 1. The van der Waals surface area contributed by atoms with Crippen molar-refractivity contribution in [1.29, 1.82) is 0 Å². The van der Waals surface area contributed by atoms with E-state index in [2.05, 4.69) is 4.74 Å². The molecule has 0 saturated carbocycles. The molecule has 0 bridgehead atoms. The van der Waals surface area contributed by atoms with Gasteiger partial charge in [0, 0.05) is 12.1 Å². The minimum Gasteiger partial charge on any atom is -0.469 e. The van der Waals surface area contributed by atoms with Gasteiger partial charge >= 0.3 is 5.97 Å². The summed E-state index contributed by atoms with van der Waals surface area (Å²) in [6.45, 7) is 3.79. The fourth-order valence-corrected chi connectivity index (χ4v) is 4.66. The summed E-state index contributed by atoms with van der Waals surface area (Å²) in [7, 11) is -2.26. The molecule has 5 nitrogen and oxygen atoms in total. The number of aryl methyl sites for hydroxylation is 1. The van der Waals surface area contributed by atoms with E-state index in [4.69, 9.17) is 0 Å². The van der Waals surface area contributed by atoms with Crippen LogP contribution in [0.3, 0.4) is 0 Å². The van der Waals surface area contributed by atoms with Gasteiger partial charge in [-0.3, -0.25) is 4.79 Å². The molecule has 1 saturated heterocycles. The van der Waals surface area contributed by atoms with Gasteiger partial charge in [0.1, 0.15) is 0 Å². The van der Waals surface area contributed by atoms with Gasteiger partial charge in [-0.25, -0.2) is 8.42 Å². The van der Waals surface area contributed by atoms with Crippen molar-refractivity contribution in [2.45, 2.75) is 50.1 Å². The van der Waals surface area contributed by atoms with Crippen LogP contribution >= 0.6 is 0 Å². The highest BCUT2D eigenvalue weighted by Gasteiger charge is 2.41. The predicted molar refractivity (Wildman–Crippen MR) is 79.3 cm³/mol. The Morgan fingerprint density at radius 1 is 1.29 bits per heavy atom. The summed E-state index contributed by atoms with van der Waals surface area (Å²) in [4.78, 5) is 11.8. The van der Waals surface area contributed by atoms with Crippen LogP contribution in [0.2, 0.25) is 0 Å². The first-order chi connectivity index (χ1) is 9.86. The molecule has 1 aromatic carbocycles. The number of rotatable bonds is 4. The number of hydrogen-bond acceptors (Lipinski definition) is 4. The summed E-state index contributed by atoms with van der Waals surface area (Å²) in [5.41, 5.74) is 1.01. The van der Waals surface area contributed by atoms with E-state index in [0.29, 0.717) is 6.42 Å². The minimum absolute atomic E-state index is 0.103. The molecule has 1 fully saturated rings. The highest BCUT2D eigenvalue weighted by atomic mass is 32.2. The maximum atomic E-state index is 12.8. The normalized spacial score (nSPS) is 23.2. The standard InChI is InChI=1S/C15H21NO4S/c1-11-4-8-14(9-5-11)21(18,19)16-12(2)6-7-13(16)10-15(17)20-3/h4-5,8-9,12-13H,6-7,10H2,1-3H3/t12-,13-/m0/s1. The molecule has 2 rings (SSSR count). The molecule has 6 heteroatoms. The molecular formula is C15H21NO4S. The van der Waals surface area contributed by atoms with E-state index >= 15 is 0 Å². The summed E-state index contributed by atoms with van der Waals surface area (Å²) in [5.74, 6) is -0.377. The first kappa shape index (κ1) is 16.0. The molecule has 0 spiro atoms. The molecule has 1 aliphatic rings. The molecule has 1 aliphatic heterocycles. The fourth-order valence-electron chi connectivity index (χ4n) is 2.78. The Kier molecular flexibility index (Phi) is 4.68. The number of sulfonamides is 1.